The number of hydrogen-bond acceptors (Lipinski definition) is 5. The molecule has 0 radical (unpaired) electrons. The highest BCUT2D eigenvalue weighted by Crippen LogP contribution is 2.23. The summed E-state index contributed by atoms with van der Waals surface area (Å²) in [6.45, 7) is 7.48. The lowest BCUT2D eigenvalue weighted by Crippen LogP contribution is -2.20. The van der Waals surface area contributed by atoms with Crippen molar-refractivity contribution in [1.29, 1.82) is 0 Å². The molecule has 2 heterocycles. The Kier molecular flexibility index (Phi) is 5.22. The molecule has 0 aliphatic heterocycles. The van der Waals surface area contributed by atoms with Crippen molar-refractivity contribution in [3.05, 3.63) is 47.3 Å². The molecule has 1 amide bonds. The molecule has 8 nitrogen and oxygen atoms in total. The molecule has 0 saturated carbocycles. The van der Waals surface area contributed by atoms with E-state index in [-0.39, 0.29) is 16.8 Å². The number of amides is 1. The minimum atomic E-state index is -3.62. The first kappa shape index (κ1) is 20.0. The summed E-state index contributed by atoms with van der Waals surface area (Å²) in [6, 6.07) is 6.67. The summed E-state index contributed by atoms with van der Waals surface area (Å²) in [5.74, 6) is -0.360. The van der Waals surface area contributed by atoms with Gasteiger partial charge in [-0.15, -0.1) is 0 Å². The fourth-order valence-corrected chi connectivity index (χ4v) is 3.94. The molecular weight excluding hydrogens is 378 g/mol. The van der Waals surface area contributed by atoms with E-state index in [1.807, 2.05) is 13.8 Å². The second kappa shape index (κ2) is 7.33. The summed E-state index contributed by atoms with van der Waals surface area (Å²) in [6.07, 6.45) is 1.68. The lowest BCUT2D eigenvalue weighted by atomic mass is 10.1. The number of fused-ring (bicyclic) bond motifs is 1. The Balaban J connectivity index is 1.96. The molecule has 0 unspecified atom stereocenters. The number of nitrogens with one attached hydrogen (secondary N) is 2. The Hall–Kier alpha value is -2.78. The van der Waals surface area contributed by atoms with Crippen LogP contribution in [0, 0.1) is 13.8 Å². The Morgan fingerprint density at radius 2 is 1.89 bits per heavy atom. The third kappa shape index (κ3) is 3.63. The van der Waals surface area contributed by atoms with Gasteiger partial charge in [-0.1, -0.05) is 6.07 Å². The number of benzene rings is 1. The number of anilines is 1. The van der Waals surface area contributed by atoms with Crippen molar-refractivity contribution < 1.29 is 13.2 Å². The largest absolute Gasteiger partial charge is 0.322 e. The van der Waals surface area contributed by atoms with Gasteiger partial charge in [0.15, 0.2) is 5.65 Å². The summed E-state index contributed by atoms with van der Waals surface area (Å²) < 4.78 is 28.4. The van der Waals surface area contributed by atoms with E-state index >= 15 is 0 Å². The molecule has 0 bridgehead atoms. The van der Waals surface area contributed by atoms with Crippen molar-refractivity contribution in [2.45, 2.75) is 38.6 Å². The number of carbonyl (C=O) groups is 1. The third-order valence-electron chi connectivity index (χ3n) is 4.50. The van der Waals surface area contributed by atoms with E-state index in [1.165, 1.54) is 13.1 Å². The quantitative estimate of drug-likeness (QED) is 0.684. The fourth-order valence-electron chi connectivity index (χ4n) is 2.95. The van der Waals surface area contributed by atoms with Gasteiger partial charge in [-0.25, -0.2) is 22.8 Å². The molecule has 28 heavy (non-hydrogen) atoms. The summed E-state index contributed by atoms with van der Waals surface area (Å²) >= 11 is 0. The van der Waals surface area contributed by atoms with Crippen LogP contribution < -0.4 is 10.0 Å². The van der Waals surface area contributed by atoms with Crippen LogP contribution in [-0.4, -0.2) is 36.1 Å². The topological polar surface area (TPSA) is 106 Å². The van der Waals surface area contributed by atoms with E-state index in [9.17, 15) is 13.2 Å². The molecular formula is C19H23N5O3S. The van der Waals surface area contributed by atoms with E-state index in [2.05, 4.69) is 20.1 Å². The van der Waals surface area contributed by atoms with Crippen LogP contribution in [0.2, 0.25) is 0 Å². The minimum absolute atomic E-state index is 0.122. The molecule has 0 aliphatic rings. The van der Waals surface area contributed by atoms with Crippen molar-refractivity contribution in [2.75, 3.05) is 12.4 Å². The maximum Gasteiger partial charge on any atom is 0.257 e. The Labute approximate surface area is 164 Å². The number of pyridine rings is 1. The first-order valence-electron chi connectivity index (χ1n) is 8.84. The molecule has 3 rings (SSSR count). The van der Waals surface area contributed by atoms with Gasteiger partial charge in [-0.3, -0.25) is 4.79 Å². The van der Waals surface area contributed by atoms with Crippen LogP contribution in [0.4, 0.5) is 5.69 Å². The zero-order valence-electron chi connectivity index (χ0n) is 16.4. The van der Waals surface area contributed by atoms with Gasteiger partial charge in [-0.05, 0) is 58.5 Å². The molecule has 0 aliphatic carbocycles. The highest BCUT2D eigenvalue weighted by molar-refractivity contribution is 7.89. The van der Waals surface area contributed by atoms with Gasteiger partial charge >= 0.3 is 0 Å². The standard InChI is InChI=1S/C19H23N5O3S/c1-11(2)24-18-14(10-21-24)8-16(13(4)22-18)19(25)23-15-7-6-12(3)17(9-15)28(26,27)20-5/h6-11,20H,1-5H3,(H,23,25). The van der Waals surface area contributed by atoms with Crippen LogP contribution in [0.5, 0.6) is 0 Å². The smallest absolute Gasteiger partial charge is 0.257 e. The zero-order valence-corrected chi connectivity index (χ0v) is 17.3. The summed E-state index contributed by atoms with van der Waals surface area (Å²) in [5, 5.41) is 7.86. The van der Waals surface area contributed by atoms with Crippen LogP contribution in [0.25, 0.3) is 11.0 Å². The van der Waals surface area contributed by atoms with Crippen molar-refractivity contribution >= 4 is 32.7 Å². The zero-order chi connectivity index (χ0) is 20.6. The number of carbonyl (C=O) groups excluding carboxylic acids is 1. The van der Waals surface area contributed by atoms with E-state index in [4.69, 9.17) is 0 Å². The number of aryl methyl sites for hydroxylation is 2. The van der Waals surface area contributed by atoms with Crippen molar-refractivity contribution in [3.63, 3.8) is 0 Å². The van der Waals surface area contributed by atoms with Crippen molar-refractivity contribution in [3.8, 4) is 0 Å². The average Bonchev–Trinajstić information content (AvgIpc) is 3.05. The Morgan fingerprint density at radius 3 is 2.54 bits per heavy atom. The number of sulfonamides is 1. The molecule has 0 fully saturated rings. The molecule has 0 spiro atoms. The lowest BCUT2D eigenvalue weighted by Gasteiger charge is -2.12. The first-order chi connectivity index (χ1) is 13.1. The molecule has 2 aromatic heterocycles. The third-order valence-corrected chi connectivity index (χ3v) is 6.05. The van der Waals surface area contributed by atoms with Gasteiger partial charge in [-0.2, -0.15) is 5.10 Å². The van der Waals surface area contributed by atoms with Gasteiger partial charge in [0.25, 0.3) is 5.91 Å². The average molecular weight is 401 g/mol. The van der Waals surface area contributed by atoms with E-state index in [1.54, 1.807) is 42.9 Å². The molecule has 9 heteroatoms. The summed E-state index contributed by atoms with van der Waals surface area (Å²) in [7, 11) is -2.27. The monoisotopic (exact) mass is 401 g/mol. The van der Waals surface area contributed by atoms with Crippen LogP contribution in [0.15, 0.2) is 35.4 Å². The number of hydrogen-bond donors (Lipinski definition) is 2. The van der Waals surface area contributed by atoms with Gasteiger partial charge in [0.05, 0.1) is 22.3 Å². The van der Waals surface area contributed by atoms with Crippen LogP contribution >= 0.6 is 0 Å². The van der Waals surface area contributed by atoms with Crippen LogP contribution in [0.3, 0.4) is 0 Å². The fraction of sp³-hybridized carbons (Fsp3) is 0.316. The predicted molar refractivity (Wildman–Crippen MR) is 108 cm³/mol. The van der Waals surface area contributed by atoms with E-state index in [0.29, 0.717) is 22.5 Å². The second-order valence-corrected chi connectivity index (χ2v) is 8.71. The van der Waals surface area contributed by atoms with Crippen molar-refractivity contribution in [1.82, 2.24) is 19.5 Å². The molecule has 1 aromatic carbocycles. The minimum Gasteiger partial charge on any atom is -0.322 e. The van der Waals surface area contributed by atoms with Crippen molar-refractivity contribution in [2.24, 2.45) is 0 Å². The number of aromatic nitrogens is 3. The normalized spacial score (nSPS) is 11.9. The van der Waals surface area contributed by atoms with E-state index < -0.39 is 10.0 Å². The lowest BCUT2D eigenvalue weighted by molar-refractivity contribution is 0.102. The molecule has 0 saturated heterocycles. The Morgan fingerprint density at radius 1 is 1.18 bits per heavy atom. The predicted octanol–water partition coefficient (Wildman–Crippen LogP) is 2.79. The number of rotatable bonds is 5. The van der Waals surface area contributed by atoms with Crippen LogP contribution in [0.1, 0.15) is 41.5 Å². The maximum absolute atomic E-state index is 12.8. The molecule has 2 N–H and O–H groups in total. The van der Waals surface area contributed by atoms with Gasteiger partial charge < -0.3 is 5.32 Å². The number of nitrogens with zero attached hydrogens (tertiary/aromatic N) is 3. The molecule has 0 atom stereocenters. The SMILES string of the molecule is CNS(=O)(=O)c1cc(NC(=O)c2cc3cnn(C(C)C)c3nc2C)ccc1C. The Bertz CT molecular complexity index is 1170. The molecule has 3 aromatic rings. The van der Waals surface area contributed by atoms with Gasteiger partial charge in [0.1, 0.15) is 0 Å². The van der Waals surface area contributed by atoms with E-state index in [0.717, 1.165) is 11.0 Å². The summed E-state index contributed by atoms with van der Waals surface area (Å²) in [4.78, 5) is 17.5. The second-order valence-electron chi connectivity index (χ2n) is 6.86. The highest BCUT2D eigenvalue weighted by Gasteiger charge is 2.18. The van der Waals surface area contributed by atoms with Crippen LogP contribution in [-0.2, 0) is 10.0 Å². The summed E-state index contributed by atoms with van der Waals surface area (Å²) in [5.41, 5.74) is 2.69. The van der Waals surface area contributed by atoms with Gasteiger partial charge in [0.2, 0.25) is 10.0 Å². The van der Waals surface area contributed by atoms with Gasteiger partial charge in [0, 0.05) is 17.1 Å². The first-order valence-corrected chi connectivity index (χ1v) is 10.3. The molecule has 148 valence electrons. The maximum atomic E-state index is 12.8. The highest BCUT2D eigenvalue weighted by atomic mass is 32.2.